The molecule has 0 aliphatic carbocycles. The fraction of sp³-hybridized carbons (Fsp3) is 0.636. The Morgan fingerprint density at radius 1 is 1.50 bits per heavy atom. The number of hydrogen-bond acceptors (Lipinski definition) is 4. The summed E-state index contributed by atoms with van der Waals surface area (Å²) in [5.74, 6) is 2.26. The molecule has 0 amide bonds. The van der Waals surface area contributed by atoms with E-state index in [-0.39, 0.29) is 0 Å². The van der Waals surface area contributed by atoms with Gasteiger partial charge in [0.2, 0.25) is 5.88 Å². The van der Waals surface area contributed by atoms with Gasteiger partial charge in [0.05, 0.1) is 6.61 Å². The Bertz CT molecular complexity index is 346. The largest absolute Gasteiger partial charge is 0.478 e. The van der Waals surface area contributed by atoms with E-state index < -0.39 is 0 Å². The minimum absolute atomic E-state index is 0.378. The van der Waals surface area contributed by atoms with E-state index in [4.69, 9.17) is 4.74 Å². The number of nitrogens with zero attached hydrogens (tertiary/aromatic N) is 3. The molecule has 0 spiro atoms. The molecule has 0 bridgehead atoms. The lowest BCUT2D eigenvalue weighted by Crippen LogP contribution is -2.31. The maximum Gasteiger partial charge on any atom is 0.218 e. The molecule has 0 N–H and O–H groups in total. The number of alkyl halides is 1. The number of ether oxygens (including phenoxy) is 1. The number of aromatic nitrogens is 2. The van der Waals surface area contributed by atoms with E-state index >= 15 is 0 Å². The van der Waals surface area contributed by atoms with Crippen LogP contribution in [0.3, 0.4) is 0 Å². The van der Waals surface area contributed by atoms with Crippen molar-refractivity contribution in [3.05, 3.63) is 11.9 Å². The SMILES string of the molecule is CCOc1cc(N(C)C(C)CBr)nc(C)n1. The zero-order valence-electron chi connectivity index (χ0n) is 10.2. The zero-order valence-corrected chi connectivity index (χ0v) is 11.8. The van der Waals surface area contributed by atoms with Crippen molar-refractivity contribution in [2.24, 2.45) is 0 Å². The van der Waals surface area contributed by atoms with Crippen LogP contribution >= 0.6 is 15.9 Å². The van der Waals surface area contributed by atoms with Crippen molar-refractivity contribution in [3.63, 3.8) is 0 Å². The summed E-state index contributed by atoms with van der Waals surface area (Å²) < 4.78 is 5.40. The first kappa shape index (κ1) is 13.2. The van der Waals surface area contributed by atoms with Gasteiger partial charge in [0.1, 0.15) is 11.6 Å². The van der Waals surface area contributed by atoms with Crippen LogP contribution in [-0.4, -0.2) is 35.0 Å². The van der Waals surface area contributed by atoms with Gasteiger partial charge in [-0.15, -0.1) is 0 Å². The predicted molar refractivity (Wildman–Crippen MR) is 69.6 cm³/mol. The summed E-state index contributed by atoms with van der Waals surface area (Å²) in [6.45, 7) is 6.57. The van der Waals surface area contributed by atoms with Crippen molar-refractivity contribution < 1.29 is 4.74 Å². The molecule has 1 rings (SSSR count). The lowest BCUT2D eigenvalue weighted by molar-refractivity contribution is 0.325. The van der Waals surface area contributed by atoms with Gasteiger partial charge in [0.15, 0.2) is 0 Å². The Labute approximate surface area is 105 Å². The van der Waals surface area contributed by atoms with E-state index in [1.165, 1.54) is 0 Å². The number of anilines is 1. The molecule has 1 aromatic rings. The van der Waals surface area contributed by atoms with Crippen molar-refractivity contribution in [2.45, 2.75) is 26.8 Å². The van der Waals surface area contributed by atoms with Crippen LogP contribution in [0, 0.1) is 6.92 Å². The van der Waals surface area contributed by atoms with Crippen LogP contribution in [0.15, 0.2) is 6.07 Å². The average molecular weight is 288 g/mol. The van der Waals surface area contributed by atoms with Gasteiger partial charge in [-0.05, 0) is 20.8 Å². The van der Waals surface area contributed by atoms with Crippen LogP contribution in [0.1, 0.15) is 19.7 Å². The highest BCUT2D eigenvalue weighted by atomic mass is 79.9. The second kappa shape index (κ2) is 6.03. The van der Waals surface area contributed by atoms with Gasteiger partial charge in [-0.2, -0.15) is 4.98 Å². The normalized spacial score (nSPS) is 12.3. The maximum atomic E-state index is 5.40. The van der Waals surface area contributed by atoms with Crippen LogP contribution in [0.5, 0.6) is 5.88 Å². The molecular weight excluding hydrogens is 270 g/mol. The van der Waals surface area contributed by atoms with E-state index in [1.807, 2.05) is 27.0 Å². The summed E-state index contributed by atoms with van der Waals surface area (Å²) in [4.78, 5) is 10.7. The highest BCUT2D eigenvalue weighted by Gasteiger charge is 2.12. The second-order valence-electron chi connectivity index (χ2n) is 3.66. The molecule has 4 nitrogen and oxygen atoms in total. The summed E-state index contributed by atoms with van der Waals surface area (Å²) in [7, 11) is 2.02. The molecule has 90 valence electrons. The fourth-order valence-corrected chi connectivity index (χ4v) is 1.69. The predicted octanol–water partition coefficient (Wildman–Crippen LogP) is 2.40. The fourth-order valence-electron chi connectivity index (χ4n) is 1.26. The first-order valence-corrected chi connectivity index (χ1v) is 6.48. The minimum atomic E-state index is 0.378. The number of aryl methyl sites for hydroxylation is 1. The van der Waals surface area contributed by atoms with Crippen molar-refractivity contribution in [3.8, 4) is 5.88 Å². The molecule has 0 radical (unpaired) electrons. The summed E-state index contributed by atoms with van der Waals surface area (Å²) in [5.41, 5.74) is 0. The van der Waals surface area contributed by atoms with Crippen LogP contribution in [0.4, 0.5) is 5.82 Å². The second-order valence-corrected chi connectivity index (χ2v) is 4.31. The molecule has 0 aliphatic rings. The summed E-state index contributed by atoms with van der Waals surface area (Å²) in [5, 5.41) is 0.899. The molecule has 0 saturated carbocycles. The summed E-state index contributed by atoms with van der Waals surface area (Å²) >= 11 is 3.46. The summed E-state index contributed by atoms with van der Waals surface area (Å²) in [6.07, 6.45) is 0. The van der Waals surface area contributed by atoms with Crippen molar-refractivity contribution in [1.82, 2.24) is 9.97 Å². The van der Waals surface area contributed by atoms with Crippen LogP contribution in [0.2, 0.25) is 0 Å². The molecule has 1 aromatic heterocycles. The van der Waals surface area contributed by atoms with Gasteiger partial charge in [-0.1, -0.05) is 15.9 Å². The van der Waals surface area contributed by atoms with Crippen molar-refractivity contribution in [1.29, 1.82) is 0 Å². The van der Waals surface area contributed by atoms with Gasteiger partial charge in [0, 0.05) is 24.5 Å². The van der Waals surface area contributed by atoms with Gasteiger partial charge in [-0.25, -0.2) is 4.98 Å². The first-order valence-electron chi connectivity index (χ1n) is 5.35. The van der Waals surface area contributed by atoms with E-state index in [9.17, 15) is 0 Å². The lowest BCUT2D eigenvalue weighted by atomic mass is 10.3. The smallest absolute Gasteiger partial charge is 0.218 e. The third kappa shape index (κ3) is 3.33. The lowest BCUT2D eigenvalue weighted by Gasteiger charge is -2.24. The molecule has 0 fully saturated rings. The Hall–Kier alpha value is -0.840. The zero-order chi connectivity index (χ0) is 12.1. The molecule has 1 unspecified atom stereocenters. The molecular formula is C11H18BrN3O. The molecule has 1 heterocycles. The molecule has 0 aliphatic heterocycles. The highest BCUT2D eigenvalue weighted by Crippen LogP contribution is 2.18. The Morgan fingerprint density at radius 3 is 2.75 bits per heavy atom. The molecule has 0 saturated heterocycles. The molecule has 1 atom stereocenters. The number of rotatable bonds is 5. The minimum Gasteiger partial charge on any atom is -0.478 e. The van der Waals surface area contributed by atoms with Crippen LogP contribution < -0.4 is 9.64 Å². The van der Waals surface area contributed by atoms with Crippen molar-refractivity contribution >= 4 is 21.7 Å². The van der Waals surface area contributed by atoms with Gasteiger partial charge < -0.3 is 9.64 Å². The van der Waals surface area contributed by atoms with E-state index in [2.05, 4.69) is 37.7 Å². The average Bonchev–Trinajstić information content (AvgIpc) is 2.26. The van der Waals surface area contributed by atoms with Gasteiger partial charge in [0.25, 0.3) is 0 Å². The standard InChI is InChI=1S/C11H18BrN3O/c1-5-16-11-6-10(13-9(3)14-11)15(4)8(2)7-12/h6,8H,5,7H2,1-4H3. The van der Waals surface area contributed by atoms with E-state index in [1.54, 1.807) is 0 Å². The van der Waals surface area contributed by atoms with Crippen LogP contribution in [0.25, 0.3) is 0 Å². The van der Waals surface area contributed by atoms with E-state index in [0.29, 0.717) is 18.5 Å². The monoisotopic (exact) mass is 287 g/mol. The van der Waals surface area contributed by atoms with Crippen LogP contribution in [-0.2, 0) is 0 Å². The number of hydrogen-bond donors (Lipinski definition) is 0. The van der Waals surface area contributed by atoms with E-state index in [0.717, 1.165) is 17.0 Å². The Morgan fingerprint density at radius 2 is 2.19 bits per heavy atom. The Kier molecular flexibility index (Phi) is 4.99. The number of halogens is 1. The summed E-state index contributed by atoms with van der Waals surface area (Å²) in [6, 6.07) is 2.25. The van der Waals surface area contributed by atoms with Crippen molar-refractivity contribution in [2.75, 3.05) is 23.9 Å². The topological polar surface area (TPSA) is 38.2 Å². The highest BCUT2D eigenvalue weighted by molar-refractivity contribution is 9.09. The maximum absolute atomic E-state index is 5.40. The van der Waals surface area contributed by atoms with Gasteiger partial charge >= 0.3 is 0 Å². The quantitative estimate of drug-likeness (QED) is 0.780. The third-order valence-corrected chi connectivity index (χ3v) is 3.28. The molecule has 0 aromatic carbocycles. The Balaban J connectivity index is 2.94. The first-order chi connectivity index (χ1) is 7.58. The molecule has 16 heavy (non-hydrogen) atoms. The van der Waals surface area contributed by atoms with Gasteiger partial charge in [-0.3, -0.25) is 0 Å². The molecule has 5 heteroatoms. The third-order valence-electron chi connectivity index (χ3n) is 2.34.